The molecule has 0 saturated heterocycles. The first-order valence-corrected chi connectivity index (χ1v) is 10.3. The third kappa shape index (κ3) is 7.26. The van der Waals surface area contributed by atoms with Crippen LogP contribution in [0.2, 0.25) is 0 Å². The molecule has 33 heavy (non-hydrogen) atoms. The molecule has 8 nitrogen and oxygen atoms in total. The van der Waals surface area contributed by atoms with Crippen LogP contribution in [0.4, 0.5) is 0 Å². The van der Waals surface area contributed by atoms with Crippen LogP contribution < -0.4 is 21.8 Å². The Bertz CT molecular complexity index is 1120. The molecule has 8 heteroatoms. The second-order valence-corrected chi connectivity index (χ2v) is 7.23. The van der Waals surface area contributed by atoms with Crippen molar-refractivity contribution in [1.29, 1.82) is 0 Å². The van der Waals surface area contributed by atoms with Gasteiger partial charge in [0, 0.05) is 48.7 Å². The number of hydrogen-bond acceptors (Lipinski definition) is 6. The van der Waals surface area contributed by atoms with E-state index in [1.165, 1.54) is 5.48 Å². The van der Waals surface area contributed by atoms with Gasteiger partial charge in [0.1, 0.15) is 6.04 Å². The Labute approximate surface area is 192 Å². The van der Waals surface area contributed by atoms with Gasteiger partial charge in [0.2, 0.25) is 0 Å². The van der Waals surface area contributed by atoms with Crippen molar-refractivity contribution in [2.45, 2.75) is 19.1 Å². The number of rotatable bonds is 8. The summed E-state index contributed by atoms with van der Waals surface area (Å²) in [5, 5.41) is 14.5. The Hall–Kier alpha value is -4.03. The first kappa shape index (κ1) is 23.6. The van der Waals surface area contributed by atoms with Crippen LogP contribution in [0.5, 0.6) is 0 Å². The average molecular weight is 444 g/mol. The lowest BCUT2D eigenvalue weighted by Crippen LogP contribution is -2.50. The fourth-order valence-electron chi connectivity index (χ4n) is 2.96. The Morgan fingerprint density at radius 2 is 1.58 bits per heavy atom. The van der Waals surface area contributed by atoms with Crippen LogP contribution in [0, 0.1) is 11.8 Å². The van der Waals surface area contributed by atoms with Gasteiger partial charge in [-0.2, -0.15) is 0 Å². The lowest BCUT2D eigenvalue weighted by Gasteiger charge is -2.14. The number of pyridine rings is 1. The summed E-state index contributed by atoms with van der Waals surface area (Å²) in [4.78, 5) is 27.8. The molecule has 1 atom stereocenters. The number of amides is 2. The van der Waals surface area contributed by atoms with Crippen molar-refractivity contribution < 1.29 is 14.8 Å². The van der Waals surface area contributed by atoms with Crippen LogP contribution in [0.3, 0.4) is 0 Å². The van der Waals surface area contributed by atoms with Gasteiger partial charge < -0.3 is 16.4 Å². The second kappa shape index (κ2) is 12.1. The third-order valence-corrected chi connectivity index (χ3v) is 4.80. The van der Waals surface area contributed by atoms with Gasteiger partial charge in [-0.1, -0.05) is 30.0 Å². The van der Waals surface area contributed by atoms with Crippen LogP contribution in [0.15, 0.2) is 73.1 Å². The lowest BCUT2D eigenvalue weighted by atomic mass is 10.1. The molecule has 1 aromatic heterocycles. The SMILES string of the molecule is NC[C@H](NC(=O)c1ccc(C#Cc2ccc(CNCc3cccnc3)cc2)cc1)C(=O)NO. The van der Waals surface area contributed by atoms with E-state index in [1.807, 2.05) is 42.6 Å². The van der Waals surface area contributed by atoms with Gasteiger partial charge in [0.15, 0.2) is 0 Å². The molecule has 0 spiro atoms. The van der Waals surface area contributed by atoms with Crippen molar-refractivity contribution in [2.75, 3.05) is 6.54 Å². The fourth-order valence-corrected chi connectivity index (χ4v) is 2.96. The molecule has 0 unspecified atom stereocenters. The van der Waals surface area contributed by atoms with Crippen LogP contribution in [-0.2, 0) is 17.9 Å². The van der Waals surface area contributed by atoms with Crippen molar-refractivity contribution in [1.82, 2.24) is 21.1 Å². The summed E-state index contributed by atoms with van der Waals surface area (Å²) in [6, 6.07) is 17.6. The van der Waals surface area contributed by atoms with Crippen molar-refractivity contribution in [3.8, 4) is 11.8 Å². The van der Waals surface area contributed by atoms with Crippen LogP contribution >= 0.6 is 0 Å². The predicted octanol–water partition coefficient (Wildman–Crippen LogP) is 1.33. The van der Waals surface area contributed by atoms with Gasteiger partial charge in [0.25, 0.3) is 11.8 Å². The molecule has 0 saturated carbocycles. The topological polar surface area (TPSA) is 129 Å². The van der Waals surface area contributed by atoms with E-state index in [1.54, 1.807) is 30.5 Å². The highest BCUT2D eigenvalue weighted by atomic mass is 16.5. The van der Waals surface area contributed by atoms with E-state index in [4.69, 9.17) is 10.9 Å². The smallest absolute Gasteiger partial charge is 0.267 e. The minimum Gasteiger partial charge on any atom is -0.339 e. The average Bonchev–Trinajstić information content (AvgIpc) is 2.87. The van der Waals surface area contributed by atoms with E-state index < -0.39 is 17.9 Å². The zero-order valence-corrected chi connectivity index (χ0v) is 17.9. The second-order valence-electron chi connectivity index (χ2n) is 7.23. The molecule has 0 radical (unpaired) electrons. The van der Waals surface area contributed by atoms with E-state index in [9.17, 15) is 9.59 Å². The maximum atomic E-state index is 12.2. The largest absolute Gasteiger partial charge is 0.339 e. The number of carbonyl (C=O) groups excluding carboxylic acids is 2. The summed E-state index contributed by atoms with van der Waals surface area (Å²) < 4.78 is 0. The number of nitrogens with zero attached hydrogens (tertiary/aromatic N) is 1. The highest BCUT2D eigenvalue weighted by molar-refractivity contribution is 5.97. The Morgan fingerprint density at radius 3 is 2.15 bits per heavy atom. The van der Waals surface area contributed by atoms with E-state index in [0.717, 1.165) is 35.3 Å². The Kier molecular flexibility index (Phi) is 8.68. The standard InChI is InChI=1S/C25H25N5O3/c26-14-23(25(32)30-33)29-24(31)22-11-9-19(10-12-22)4-3-18-5-7-20(8-6-18)15-28-17-21-2-1-13-27-16-21/h1-2,5-13,16,23,28,33H,14-15,17,26H2,(H,29,31)(H,30,32)/t23-/m0/s1. The van der Waals surface area contributed by atoms with Crippen molar-refractivity contribution in [3.05, 3.63) is 101 Å². The molecule has 168 valence electrons. The first-order valence-electron chi connectivity index (χ1n) is 10.3. The number of benzene rings is 2. The lowest BCUT2D eigenvalue weighted by molar-refractivity contribution is -0.130. The zero-order valence-electron chi connectivity index (χ0n) is 17.9. The molecule has 0 aliphatic heterocycles. The van der Waals surface area contributed by atoms with Crippen molar-refractivity contribution in [3.63, 3.8) is 0 Å². The van der Waals surface area contributed by atoms with Gasteiger partial charge >= 0.3 is 0 Å². The molecule has 6 N–H and O–H groups in total. The maximum absolute atomic E-state index is 12.2. The summed E-state index contributed by atoms with van der Waals surface area (Å²) >= 11 is 0. The number of hydroxylamine groups is 1. The minimum absolute atomic E-state index is 0.138. The number of carbonyl (C=O) groups is 2. The molecule has 2 amide bonds. The molecular formula is C25H25N5O3. The molecule has 0 bridgehead atoms. The number of hydrogen-bond donors (Lipinski definition) is 5. The fraction of sp³-hybridized carbons (Fsp3) is 0.160. The summed E-state index contributed by atoms with van der Waals surface area (Å²) in [5.41, 5.74) is 11.2. The molecule has 0 aliphatic carbocycles. The zero-order chi connectivity index (χ0) is 23.5. The van der Waals surface area contributed by atoms with Gasteiger partial charge in [-0.3, -0.25) is 19.8 Å². The molecule has 2 aromatic carbocycles. The number of aromatic nitrogens is 1. The van der Waals surface area contributed by atoms with E-state index >= 15 is 0 Å². The molecular weight excluding hydrogens is 418 g/mol. The number of nitrogens with two attached hydrogens (primary N) is 1. The van der Waals surface area contributed by atoms with Crippen LogP contribution in [-0.4, -0.2) is 34.6 Å². The third-order valence-electron chi connectivity index (χ3n) is 4.80. The molecule has 0 aliphatic rings. The molecule has 3 rings (SSSR count). The minimum atomic E-state index is -1.02. The summed E-state index contributed by atoms with van der Waals surface area (Å²) in [6.45, 7) is 1.36. The van der Waals surface area contributed by atoms with E-state index in [0.29, 0.717) is 5.56 Å². The monoisotopic (exact) mass is 443 g/mol. The first-order chi connectivity index (χ1) is 16.1. The van der Waals surface area contributed by atoms with Crippen molar-refractivity contribution >= 4 is 11.8 Å². The molecule has 1 heterocycles. The predicted molar refractivity (Wildman–Crippen MR) is 124 cm³/mol. The summed E-state index contributed by atoms with van der Waals surface area (Å²) in [7, 11) is 0. The molecule has 0 fully saturated rings. The van der Waals surface area contributed by atoms with Gasteiger partial charge in [0.05, 0.1) is 0 Å². The van der Waals surface area contributed by atoms with E-state index in [-0.39, 0.29) is 6.54 Å². The van der Waals surface area contributed by atoms with Crippen LogP contribution in [0.25, 0.3) is 0 Å². The van der Waals surface area contributed by atoms with Gasteiger partial charge in [-0.25, -0.2) is 5.48 Å². The Balaban J connectivity index is 1.53. The van der Waals surface area contributed by atoms with Crippen molar-refractivity contribution in [2.24, 2.45) is 5.73 Å². The highest BCUT2D eigenvalue weighted by Crippen LogP contribution is 2.07. The van der Waals surface area contributed by atoms with Crippen LogP contribution in [0.1, 0.15) is 32.6 Å². The van der Waals surface area contributed by atoms with E-state index in [2.05, 4.69) is 27.5 Å². The Morgan fingerprint density at radius 1 is 0.939 bits per heavy atom. The normalized spacial score (nSPS) is 11.1. The van der Waals surface area contributed by atoms with Gasteiger partial charge in [-0.15, -0.1) is 0 Å². The summed E-state index contributed by atoms with van der Waals surface area (Å²) in [6.07, 6.45) is 3.60. The molecule has 3 aromatic rings. The van der Waals surface area contributed by atoms with Gasteiger partial charge in [-0.05, 0) is 53.6 Å². The maximum Gasteiger partial charge on any atom is 0.267 e. The highest BCUT2D eigenvalue weighted by Gasteiger charge is 2.19. The number of nitrogens with one attached hydrogen (secondary N) is 3. The quantitative estimate of drug-likeness (QED) is 0.203. The summed E-state index contributed by atoms with van der Waals surface area (Å²) in [5.74, 6) is 4.93.